The fraction of sp³-hybridized carbons (Fsp3) is 0.615. The van der Waals surface area contributed by atoms with Gasteiger partial charge in [0.2, 0.25) is 0 Å². The lowest BCUT2D eigenvalue weighted by molar-refractivity contribution is -0.122. The molecule has 1 unspecified atom stereocenters. The van der Waals surface area contributed by atoms with Crippen molar-refractivity contribution in [3.8, 4) is 0 Å². The molecule has 15 heavy (non-hydrogen) atoms. The molecule has 1 rings (SSSR count). The molecule has 0 bridgehead atoms. The van der Waals surface area contributed by atoms with Crippen molar-refractivity contribution in [2.45, 2.75) is 46.0 Å². The highest BCUT2D eigenvalue weighted by molar-refractivity contribution is 7.10. The minimum absolute atomic E-state index is 0.284. The van der Waals surface area contributed by atoms with Crippen LogP contribution in [-0.2, 0) is 11.2 Å². The zero-order chi connectivity index (χ0) is 11.1. The minimum atomic E-state index is 0.284. The van der Waals surface area contributed by atoms with Gasteiger partial charge < -0.3 is 0 Å². The van der Waals surface area contributed by atoms with Crippen molar-refractivity contribution in [1.82, 2.24) is 0 Å². The topological polar surface area (TPSA) is 17.1 Å². The van der Waals surface area contributed by atoms with Crippen molar-refractivity contribution in [2.75, 3.05) is 0 Å². The molecule has 0 aliphatic carbocycles. The highest BCUT2D eigenvalue weighted by Gasteiger charge is 2.16. The summed E-state index contributed by atoms with van der Waals surface area (Å²) in [5.41, 5.74) is 0. The summed E-state index contributed by atoms with van der Waals surface area (Å²) in [6.07, 6.45) is 5.05. The molecule has 1 aromatic heterocycles. The maximum absolute atomic E-state index is 12.0. The second-order valence-corrected chi connectivity index (χ2v) is 5.00. The highest BCUT2D eigenvalue weighted by Crippen LogP contribution is 2.18. The Hall–Kier alpha value is -0.630. The number of rotatable bonds is 7. The van der Waals surface area contributed by atoms with Gasteiger partial charge in [-0.1, -0.05) is 32.8 Å². The van der Waals surface area contributed by atoms with Gasteiger partial charge in [-0.15, -0.1) is 11.3 Å². The molecule has 0 saturated heterocycles. The predicted octanol–water partition coefficient (Wildman–Crippen LogP) is 4.08. The molecule has 1 atom stereocenters. The van der Waals surface area contributed by atoms with Gasteiger partial charge in [0.15, 0.2) is 0 Å². The van der Waals surface area contributed by atoms with Crippen molar-refractivity contribution >= 4 is 17.1 Å². The third kappa shape index (κ3) is 4.17. The van der Waals surface area contributed by atoms with Gasteiger partial charge in [-0.3, -0.25) is 4.79 Å². The van der Waals surface area contributed by atoms with E-state index in [1.807, 2.05) is 11.4 Å². The van der Waals surface area contributed by atoms with E-state index in [0.717, 1.165) is 12.8 Å². The zero-order valence-electron chi connectivity index (χ0n) is 9.66. The fourth-order valence-electron chi connectivity index (χ4n) is 1.77. The van der Waals surface area contributed by atoms with E-state index < -0.39 is 0 Å². The lowest BCUT2D eigenvalue weighted by Crippen LogP contribution is -2.15. The van der Waals surface area contributed by atoms with Gasteiger partial charge in [0.05, 0.1) is 0 Å². The molecular weight excluding hydrogens is 204 g/mol. The van der Waals surface area contributed by atoms with Gasteiger partial charge in [0.25, 0.3) is 0 Å². The second-order valence-electron chi connectivity index (χ2n) is 3.97. The van der Waals surface area contributed by atoms with E-state index in [-0.39, 0.29) is 5.92 Å². The molecule has 0 saturated carbocycles. The van der Waals surface area contributed by atoms with Crippen LogP contribution >= 0.6 is 11.3 Å². The van der Waals surface area contributed by atoms with Crippen LogP contribution in [0.2, 0.25) is 0 Å². The Balaban J connectivity index is 2.43. The van der Waals surface area contributed by atoms with Gasteiger partial charge in [-0.05, 0) is 24.3 Å². The molecule has 0 spiro atoms. The van der Waals surface area contributed by atoms with Crippen LogP contribution in [0.3, 0.4) is 0 Å². The first-order valence-corrected chi connectivity index (χ1v) is 6.71. The van der Waals surface area contributed by atoms with Crippen molar-refractivity contribution in [1.29, 1.82) is 0 Å². The minimum Gasteiger partial charge on any atom is -0.299 e. The van der Waals surface area contributed by atoms with Gasteiger partial charge in [-0.25, -0.2) is 0 Å². The van der Waals surface area contributed by atoms with E-state index in [2.05, 4.69) is 19.9 Å². The van der Waals surface area contributed by atoms with Crippen LogP contribution < -0.4 is 0 Å². The lowest BCUT2D eigenvalue weighted by atomic mass is 9.93. The zero-order valence-corrected chi connectivity index (χ0v) is 10.5. The number of thiophene rings is 1. The van der Waals surface area contributed by atoms with E-state index in [0.29, 0.717) is 12.2 Å². The molecule has 1 aromatic rings. The third-order valence-electron chi connectivity index (χ3n) is 2.78. The molecule has 84 valence electrons. The monoisotopic (exact) mass is 224 g/mol. The average Bonchev–Trinajstić information content (AvgIpc) is 2.71. The number of carbonyl (C=O) groups is 1. The largest absolute Gasteiger partial charge is 0.299 e. The van der Waals surface area contributed by atoms with E-state index in [4.69, 9.17) is 0 Å². The summed E-state index contributed by atoms with van der Waals surface area (Å²) >= 11 is 1.68. The molecule has 0 aromatic carbocycles. The molecule has 0 aliphatic heterocycles. The molecule has 0 aliphatic rings. The molecule has 2 heteroatoms. The van der Waals surface area contributed by atoms with Gasteiger partial charge in [-0.2, -0.15) is 0 Å². The van der Waals surface area contributed by atoms with Crippen LogP contribution in [0.25, 0.3) is 0 Å². The smallest absolute Gasteiger partial charge is 0.141 e. The first kappa shape index (κ1) is 12.4. The van der Waals surface area contributed by atoms with Crippen molar-refractivity contribution in [3.63, 3.8) is 0 Å². The Morgan fingerprint density at radius 1 is 1.47 bits per heavy atom. The van der Waals surface area contributed by atoms with Crippen LogP contribution in [0.5, 0.6) is 0 Å². The Bertz CT molecular complexity index is 277. The highest BCUT2D eigenvalue weighted by atomic mass is 32.1. The molecule has 1 heterocycles. The summed E-state index contributed by atoms with van der Waals surface area (Å²) in [4.78, 5) is 13.2. The van der Waals surface area contributed by atoms with Crippen LogP contribution in [-0.4, -0.2) is 5.78 Å². The maximum Gasteiger partial charge on any atom is 0.141 e. The summed E-state index contributed by atoms with van der Waals surface area (Å²) in [5, 5.41) is 2.04. The number of unbranched alkanes of at least 4 members (excludes halogenated alkanes) is 1. The number of hydrogen-bond donors (Lipinski definition) is 0. The SMILES string of the molecule is CCCCC(CC)C(=O)Cc1cccs1. The van der Waals surface area contributed by atoms with E-state index in [9.17, 15) is 4.79 Å². The molecule has 0 amide bonds. The number of hydrogen-bond acceptors (Lipinski definition) is 2. The predicted molar refractivity (Wildman–Crippen MR) is 66.3 cm³/mol. The average molecular weight is 224 g/mol. The van der Waals surface area contributed by atoms with Crippen LogP contribution in [0.15, 0.2) is 17.5 Å². The van der Waals surface area contributed by atoms with Crippen molar-refractivity contribution < 1.29 is 4.79 Å². The normalized spacial score (nSPS) is 12.7. The van der Waals surface area contributed by atoms with Gasteiger partial charge in [0, 0.05) is 17.2 Å². The third-order valence-corrected chi connectivity index (χ3v) is 3.66. The van der Waals surface area contributed by atoms with E-state index >= 15 is 0 Å². The number of ketones is 1. The molecule has 0 fully saturated rings. The molecule has 1 nitrogen and oxygen atoms in total. The van der Waals surface area contributed by atoms with E-state index in [1.165, 1.54) is 17.7 Å². The maximum atomic E-state index is 12.0. The quantitative estimate of drug-likeness (QED) is 0.682. The Labute approximate surface area is 96.5 Å². The first-order chi connectivity index (χ1) is 7.27. The van der Waals surface area contributed by atoms with Gasteiger partial charge in [0.1, 0.15) is 5.78 Å². The van der Waals surface area contributed by atoms with Crippen LogP contribution in [0, 0.1) is 5.92 Å². The lowest BCUT2D eigenvalue weighted by Gasteiger charge is -2.12. The summed E-state index contributed by atoms with van der Waals surface area (Å²) < 4.78 is 0. The Morgan fingerprint density at radius 2 is 2.27 bits per heavy atom. The van der Waals surface area contributed by atoms with Crippen LogP contribution in [0.4, 0.5) is 0 Å². The molecular formula is C13H20OS. The summed E-state index contributed by atoms with van der Waals surface area (Å²) in [6, 6.07) is 4.06. The summed E-state index contributed by atoms with van der Waals surface area (Å²) in [5.74, 6) is 0.709. The molecule has 0 radical (unpaired) electrons. The summed E-state index contributed by atoms with van der Waals surface area (Å²) in [7, 11) is 0. The Morgan fingerprint density at radius 3 is 2.80 bits per heavy atom. The number of Topliss-reactive ketones (excluding diaryl/α,β-unsaturated/α-hetero) is 1. The Kier molecular flexibility index (Phi) is 5.62. The van der Waals surface area contributed by atoms with Crippen molar-refractivity contribution in [3.05, 3.63) is 22.4 Å². The first-order valence-electron chi connectivity index (χ1n) is 5.83. The van der Waals surface area contributed by atoms with E-state index in [1.54, 1.807) is 11.3 Å². The second kappa shape index (κ2) is 6.78. The van der Waals surface area contributed by atoms with Gasteiger partial charge >= 0.3 is 0 Å². The molecule has 0 N–H and O–H groups in total. The fourth-order valence-corrected chi connectivity index (χ4v) is 2.49. The standard InChI is InChI=1S/C13H20OS/c1-3-5-7-11(4-2)13(14)10-12-8-6-9-15-12/h6,8-9,11H,3-5,7,10H2,1-2H3. The summed E-state index contributed by atoms with van der Waals surface area (Å²) in [6.45, 7) is 4.29. The number of carbonyl (C=O) groups excluding carboxylic acids is 1. The van der Waals surface area contributed by atoms with Crippen molar-refractivity contribution in [2.24, 2.45) is 5.92 Å². The van der Waals surface area contributed by atoms with Crippen LogP contribution in [0.1, 0.15) is 44.4 Å².